The van der Waals surface area contributed by atoms with E-state index in [0.29, 0.717) is 5.91 Å². The first kappa shape index (κ1) is 15.5. The van der Waals surface area contributed by atoms with Gasteiger partial charge in [-0.15, -0.1) is 0 Å². The standard InChI is InChI=1S/C15H30N2O/c1-12(7-6-8-13(2)16)15(18)17(3)11-14-9-4-5-10-14/h12-14H,4-11,16H2,1-3H3. The zero-order chi connectivity index (χ0) is 13.5. The number of amides is 1. The molecule has 3 heteroatoms. The van der Waals surface area contributed by atoms with Crippen LogP contribution in [-0.4, -0.2) is 30.4 Å². The number of carbonyl (C=O) groups is 1. The van der Waals surface area contributed by atoms with Crippen LogP contribution in [0.2, 0.25) is 0 Å². The maximum Gasteiger partial charge on any atom is 0.225 e. The van der Waals surface area contributed by atoms with E-state index < -0.39 is 0 Å². The molecule has 0 aromatic rings. The fraction of sp³-hybridized carbons (Fsp3) is 0.933. The SMILES string of the molecule is CC(N)CCCC(C)C(=O)N(C)CC1CCCC1. The Balaban J connectivity index is 2.23. The summed E-state index contributed by atoms with van der Waals surface area (Å²) in [5.41, 5.74) is 5.73. The van der Waals surface area contributed by atoms with Crippen molar-refractivity contribution in [2.75, 3.05) is 13.6 Å². The molecule has 0 aromatic carbocycles. The average molecular weight is 254 g/mol. The fourth-order valence-corrected chi connectivity index (χ4v) is 2.92. The first-order valence-corrected chi connectivity index (χ1v) is 7.51. The maximum atomic E-state index is 12.2. The van der Waals surface area contributed by atoms with Gasteiger partial charge < -0.3 is 10.6 Å². The van der Waals surface area contributed by atoms with Gasteiger partial charge in [-0.3, -0.25) is 4.79 Å². The average Bonchev–Trinajstić information content (AvgIpc) is 2.80. The number of hydrogen-bond donors (Lipinski definition) is 1. The number of nitrogens with zero attached hydrogens (tertiary/aromatic N) is 1. The van der Waals surface area contributed by atoms with Gasteiger partial charge in [0.15, 0.2) is 0 Å². The summed E-state index contributed by atoms with van der Waals surface area (Å²) >= 11 is 0. The minimum Gasteiger partial charge on any atom is -0.345 e. The summed E-state index contributed by atoms with van der Waals surface area (Å²) in [7, 11) is 1.96. The quantitative estimate of drug-likeness (QED) is 0.759. The summed E-state index contributed by atoms with van der Waals surface area (Å²) in [5.74, 6) is 1.21. The number of rotatable bonds is 7. The molecule has 1 aliphatic rings. The second kappa shape index (κ2) is 7.78. The number of nitrogens with two attached hydrogens (primary N) is 1. The normalized spacial score (nSPS) is 19.8. The molecule has 18 heavy (non-hydrogen) atoms. The van der Waals surface area contributed by atoms with Gasteiger partial charge in [0.2, 0.25) is 5.91 Å². The second-order valence-corrected chi connectivity index (χ2v) is 6.18. The van der Waals surface area contributed by atoms with Crippen LogP contribution < -0.4 is 5.73 Å². The van der Waals surface area contributed by atoms with E-state index in [1.807, 2.05) is 18.9 Å². The van der Waals surface area contributed by atoms with Gasteiger partial charge in [-0.2, -0.15) is 0 Å². The molecule has 0 radical (unpaired) electrons. The molecule has 2 N–H and O–H groups in total. The monoisotopic (exact) mass is 254 g/mol. The van der Waals surface area contributed by atoms with Crippen LogP contribution in [-0.2, 0) is 4.79 Å². The predicted molar refractivity (Wildman–Crippen MR) is 76.3 cm³/mol. The summed E-state index contributed by atoms with van der Waals surface area (Å²) in [6, 6.07) is 0.253. The lowest BCUT2D eigenvalue weighted by Crippen LogP contribution is -2.35. The van der Waals surface area contributed by atoms with Crippen LogP contribution in [0.3, 0.4) is 0 Å². The third kappa shape index (κ3) is 5.38. The first-order valence-electron chi connectivity index (χ1n) is 7.51. The summed E-state index contributed by atoms with van der Waals surface area (Å²) in [5, 5.41) is 0. The molecule has 0 aliphatic heterocycles. The maximum absolute atomic E-state index is 12.2. The highest BCUT2D eigenvalue weighted by atomic mass is 16.2. The smallest absolute Gasteiger partial charge is 0.225 e. The van der Waals surface area contributed by atoms with E-state index in [0.717, 1.165) is 31.7 Å². The van der Waals surface area contributed by atoms with E-state index in [1.165, 1.54) is 25.7 Å². The molecule has 2 unspecified atom stereocenters. The Hall–Kier alpha value is -0.570. The van der Waals surface area contributed by atoms with Crippen molar-refractivity contribution in [2.24, 2.45) is 17.6 Å². The lowest BCUT2D eigenvalue weighted by atomic mass is 10.00. The van der Waals surface area contributed by atoms with Crippen molar-refractivity contribution >= 4 is 5.91 Å². The van der Waals surface area contributed by atoms with E-state index in [4.69, 9.17) is 5.73 Å². The topological polar surface area (TPSA) is 46.3 Å². The molecule has 2 atom stereocenters. The molecule has 1 saturated carbocycles. The minimum absolute atomic E-state index is 0.148. The third-order valence-electron chi connectivity index (χ3n) is 4.10. The molecule has 0 bridgehead atoms. The van der Waals surface area contributed by atoms with E-state index >= 15 is 0 Å². The second-order valence-electron chi connectivity index (χ2n) is 6.18. The Morgan fingerprint density at radius 2 is 1.89 bits per heavy atom. The zero-order valence-electron chi connectivity index (χ0n) is 12.3. The van der Waals surface area contributed by atoms with Gasteiger partial charge in [-0.1, -0.05) is 26.2 Å². The zero-order valence-corrected chi connectivity index (χ0v) is 12.3. The molecule has 1 fully saturated rings. The molecule has 1 amide bonds. The highest BCUT2D eigenvalue weighted by molar-refractivity contribution is 5.78. The summed E-state index contributed by atoms with van der Waals surface area (Å²) in [6.45, 7) is 5.03. The molecule has 3 nitrogen and oxygen atoms in total. The van der Waals surface area contributed by atoms with Crippen molar-refractivity contribution in [1.29, 1.82) is 0 Å². The fourth-order valence-electron chi connectivity index (χ4n) is 2.92. The summed E-state index contributed by atoms with van der Waals surface area (Å²) in [4.78, 5) is 14.2. The van der Waals surface area contributed by atoms with Gasteiger partial charge in [-0.25, -0.2) is 0 Å². The van der Waals surface area contributed by atoms with Crippen LogP contribution in [0, 0.1) is 11.8 Å². The lowest BCUT2D eigenvalue weighted by molar-refractivity contribution is -0.134. The van der Waals surface area contributed by atoms with Crippen molar-refractivity contribution < 1.29 is 4.79 Å². The van der Waals surface area contributed by atoms with Crippen LogP contribution >= 0.6 is 0 Å². The Labute approximate surface area is 112 Å². The highest BCUT2D eigenvalue weighted by Crippen LogP contribution is 2.25. The molecule has 0 spiro atoms. The van der Waals surface area contributed by atoms with Gasteiger partial charge in [0, 0.05) is 25.6 Å². The highest BCUT2D eigenvalue weighted by Gasteiger charge is 2.22. The largest absolute Gasteiger partial charge is 0.345 e. The van der Waals surface area contributed by atoms with Crippen molar-refractivity contribution in [3.05, 3.63) is 0 Å². The molecular weight excluding hydrogens is 224 g/mol. The van der Waals surface area contributed by atoms with Crippen molar-refractivity contribution in [2.45, 2.75) is 64.8 Å². The Morgan fingerprint density at radius 1 is 1.28 bits per heavy atom. The van der Waals surface area contributed by atoms with Crippen LogP contribution in [0.5, 0.6) is 0 Å². The molecule has 1 aliphatic carbocycles. The molecule has 106 valence electrons. The molecule has 0 saturated heterocycles. The molecule has 0 aromatic heterocycles. The minimum atomic E-state index is 0.148. The predicted octanol–water partition coefficient (Wildman–Crippen LogP) is 2.79. The Kier molecular flexibility index (Phi) is 6.69. The van der Waals surface area contributed by atoms with Crippen molar-refractivity contribution in [3.8, 4) is 0 Å². The van der Waals surface area contributed by atoms with E-state index in [9.17, 15) is 4.79 Å². The van der Waals surface area contributed by atoms with Crippen LogP contribution in [0.15, 0.2) is 0 Å². The van der Waals surface area contributed by atoms with Gasteiger partial charge in [0.05, 0.1) is 0 Å². The van der Waals surface area contributed by atoms with E-state index in [1.54, 1.807) is 0 Å². The van der Waals surface area contributed by atoms with Crippen LogP contribution in [0.4, 0.5) is 0 Å². The van der Waals surface area contributed by atoms with Gasteiger partial charge >= 0.3 is 0 Å². The van der Waals surface area contributed by atoms with Gasteiger partial charge in [-0.05, 0) is 38.5 Å². The summed E-state index contributed by atoms with van der Waals surface area (Å²) in [6.07, 6.45) is 8.34. The van der Waals surface area contributed by atoms with Gasteiger partial charge in [0.25, 0.3) is 0 Å². The Morgan fingerprint density at radius 3 is 2.44 bits per heavy atom. The van der Waals surface area contributed by atoms with E-state index in [2.05, 4.69) is 6.92 Å². The molecule has 1 rings (SSSR count). The Bertz CT molecular complexity index is 247. The van der Waals surface area contributed by atoms with Crippen LogP contribution in [0.1, 0.15) is 58.8 Å². The number of carbonyl (C=O) groups excluding carboxylic acids is 1. The van der Waals surface area contributed by atoms with Gasteiger partial charge in [0.1, 0.15) is 0 Å². The third-order valence-corrected chi connectivity index (χ3v) is 4.10. The van der Waals surface area contributed by atoms with E-state index in [-0.39, 0.29) is 12.0 Å². The van der Waals surface area contributed by atoms with Crippen LogP contribution in [0.25, 0.3) is 0 Å². The lowest BCUT2D eigenvalue weighted by Gasteiger charge is -2.24. The number of hydrogen-bond acceptors (Lipinski definition) is 2. The van der Waals surface area contributed by atoms with Crippen molar-refractivity contribution in [1.82, 2.24) is 4.90 Å². The molecule has 0 heterocycles. The summed E-state index contributed by atoms with van der Waals surface area (Å²) < 4.78 is 0. The first-order chi connectivity index (χ1) is 8.50. The van der Waals surface area contributed by atoms with Crippen molar-refractivity contribution in [3.63, 3.8) is 0 Å². The molecular formula is C15H30N2O.